The van der Waals surface area contributed by atoms with Gasteiger partial charge in [0.1, 0.15) is 0 Å². The third-order valence-electron chi connectivity index (χ3n) is 5.18. The van der Waals surface area contributed by atoms with Crippen molar-refractivity contribution in [3.05, 3.63) is 0 Å². The molecule has 1 heterocycles. The minimum absolute atomic E-state index is 0.191. The lowest BCUT2D eigenvalue weighted by Crippen LogP contribution is -2.59. The van der Waals surface area contributed by atoms with Crippen LogP contribution >= 0.6 is 0 Å². The maximum absolute atomic E-state index is 6.16. The van der Waals surface area contributed by atoms with Crippen LogP contribution in [0.2, 0.25) is 0 Å². The van der Waals surface area contributed by atoms with E-state index >= 15 is 0 Å². The van der Waals surface area contributed by atoms with Gasteiger partial charge in [-0.25, -0.2) is 0 Å². The molecular weight excluding hydrogens is 240 g/mol. The third kappa shape index (κ3) is 3.48. The predicted octanol–water partition coefficient (Wildman–Crippen LogP) is 1.63. The Morgan fingerprint density at radius 3 is 2.53 bits per heavy atom. The summed E-state index contributed by atoms with van der Waals surface area (Å²) in [6.07, 6.45) is 7.66. The van der Waals surface area contributed by atoms with Crippen molar-refractivity contribution in [2.24, 2.45) is 11.7 Å². The molecule has 0 bridgehead atoms. The zero-order valence-corrected chi connectivity index (χ0v) is 12.6. The van der Waals surface area contributed by atoms with Gasteiger partial charge in [0.2, 0.25) is 0 Å². The Hall–Kier alpha value is -0.160. The Bertz CT molecular complexity index is 267. The Balaban J connectivity index is 1.94. The zero-order chi connectivity index (χ0) is 13.7. The van der Waals surface area contributed by atoms with Crippen LogP contribution in [0.1, 0.15) is 38.5 Å². The van der Waals surface area contributed by atoms with Gasteiger partial charge in [-0.2, -0.15) is 0 Å². The SMILES string of the molecule is COCC1CCN(C2(CN)CCCC(OC)C2)CC1. The zero-order valence-electron chi connectivity index (χ0n) is 12.6. The smallest absolute Gasteiger partial charge is 0.0589 e. The first-order valence-electron chi connectivity index (χ1n) is 7.71. The Labute approximate surface area is 117 Å². The molecule has 2 atom stereocenters. The second kappa shape index (κ2) is 7.02. The van der Waals surface area contributed by atoms with Crippen molar-refractivity contribution in [2.75, 3.05) is 40.5 Å². The van der Waals surface area contributed by atoms with Crippen LogP contribution in [-0.4, -0.2) is 57.0 Å². The van der Waals surface area contributed by atoms with E-state index in [1.807, 2.05) is 7.11 Å². The Morgan fingerprint density at radius 2 is 1.95 bits per heavy atom. The summed E-state index contributed by atoms with van der Waals surface area (Å²) in [5, 5.41) is 0. The van der Waals surface area contributed by atoms with Crippen LogP contribution in [0.3, 0.4) is 0 Å². The number of rotatable bonds is 5. The van der Waals surface area contributed by atoms with E-state index < -0.39 is 0 Å². The molecule has 2 aliphatic rings. The van der Waals surface area contributed by atoms with E-state index in [0.29, 0.717) is 6.10 Å². The van der Waals surface area contributed by atoms with Gasteiger partial charge in [0.25, 0.3) is 0 Å². The summed E-state index contributed by atoms with van der Waals surface area (Å²) in [4.78, 5) is 2.64. The number of nitrogens with two attached hydrogens (primary N) is 1. The second-order valence-electron chi connectivity index (χ2n) is 6.27. The monoisotopic (exact) mass is 270 g/mol. The maximum Gasteiger partial charge on any atom is 0.0589 e. The second-order valence-corrected chi connectivity index (χ2v) is 6.27. The first-order chi connectivity index (χ1) is 9.24. The highest BCUT2D eigenvalue weighted by Gasteiger charge is 2.41. The van der Waals surface area contributed by atoms with Crippen LogP contribution in [0.25, 0.3) is 0 Å². The number of piperidine rings is 1. The van der Waals surface area contributed by atoms with E-state index in [0.717, 1.165) is 25.5 Å². The van der Waals surface area contributed by atoms with E-state index in [9.17, 15) is 0 Å². The van der Waals surface area contributed by atoms with Gasteiger partial charge >= 0.3 is 0 Å². The largest absolute Gasteiger partial charge is 0.384 e. The summed E-state index contributed by atoms with van der Waals surface area (Å²) in [7, 11) is 3.64. The number of hydrogen-bond acceptors (Lipinski definition) is 4. The predicted molar refractivity (Wildman–Crippen MR) is 77.2 cm³/mol. The Kier molecular flexibility index (Phi) is 5.63. The molecular formula is C15H30N2O2. The Morgan fingerprint density at radius 1 is 1.21 bits per heavy atom. The summed E-state index contributed by atoms with van der Waals surface area (Å²) in [6, 6.07) is 0. The summed E-state index contributed by atoms with van der Waals surface area (Å²) >= 11 is 0. The lowest BCUT2D eigenvalue weighted by Gasteiger charge is -2.50. The van der Waals surface area contributed by atoms with Crippen molar-refractivity contribution in [2.45, 2.75) is 50.2 Å². The van der Waals surface area contributed by atoms with Crippen LogP contribution < -0.4 is 5.73 Å². The van der Waals surface area contributed by atoms with Crippen LogP contribution in [0, 0.1) is 5.92 Å². The molecule has 0 aromatic carbocycles. The molecule has 1 aliphatic heterocycles. The standard InChI is InChI=1S/C15H30N2O2/c1-18-11-13-5-8-17(9-6-13)15(12-16)7-3-4-14(10-15)19-2/h13-14H,3-12,16H2,1-2H3. The van der Waals surface area contributed by atoms with E-state index in [2.05, 4.69) is 4.90 Å². The van der Waals surface area contributed by atoms with Gasteiger partial charge in [-0.1, -0.05) is 0 Å². The summed E-state index contributed by atoms with van der Waals surface area (Å²) in [5.74, 6) is 0.734. The highest BCUT2D eigenvalue weighted by Crippen LogP contribution is 2.36. The molecule has 0 aromatic rings. The average Bonchev–Trinajstić information content (AvgIpc) is 2.48. The molecule has 1 saturated heterocycles. The molecule has 19 heavy (non-hydrogen) atoms. The first-order valence-corrected chi connectivity index (χ1v) is 7.71. The van der Waals surface area contributed by atoms with E-state index in [4.69, 9.17) is 15.2 Å². The minimum atomic E-state index is 0.191. The minimum Gasteiger partial charge on any atom is -0.384 e. The van der Waals surface area contributed by atoms with Gasteiger partial charge in [0.15, 0.2) is 0 Å². The maximum atomic E-state index is 6.16. The number of hydrogen-bond donors (Lipinski definition) is 1. The van der Waals surface area contributed by atoms with Crippen LogP contribution in [0.4, 0.5) is 0 Å². The molecule has 0 aromatic heterocycles. The molecule has 0 radical (unpaired) electrons. The molecule has 0 amide bonds. The lowest BCUT2D eigenvalue weighted by molar-refractivity contribution is -0.0387. The van der Waals surface area contributed by atoms with E-state index in [-0.39, 0.29) is 5.54 Å². The topological polar surface area (TPSA) is 47.7 Å². The molecule has 4 nitrogen and oxygen atoms in total. The quantitative estimate of drug-likeness (QED) is 0.825. The molecule has 1 aliphatic carbocycles. The fourth-order valence-corrected chi connectivity index (χ4v) is 3.90. The van der Waals surface area contributed by atoms with Gasteiger partial charge in [0, 0.05) is 32.9 Å². The van der Waals surface area contributed by atoms with Gasteiger partial charge < -0.3 is 15.2 Å². The molecule has 2 rings (SSSR count). The number of methoxy groups -OCH3 is 2. The summed E-state index contributed by atoms with van der Waals surface area (Å²) in [6.45, 7) is 4.01. The van der Waals surface area contributed by atoms with Crippen LogP contribution in [0.15, 0.2) is 0 Å². The normalized spacial score (nSPS) is 34.6. The van der Waals surface area contributed by atoms with Crippen LogP contribution in [0.5, 0.6) is 0 Å². The summed E-state index contributed by atoms with van der Waals surface area (Å²) < 4.78 is 10.9. The number of likely N-dealkylation sites (tertiary alicyclic amines) is 1. The number of ether oxygens (including phenoxy) is 2. The van der Waals surface area contributed by atoms with Gasteiger partial charge in [0.05, 0.1) is 6.10 Å². The van der Waals surface area contributed by atoms with Crippen molar-refractivity contribution in [1.29, 1.82) is 0 Å². The molecule has 2 N–H and O–H groups in total. The van der Waals surface area contributed by atoms with Crippen LogP contribution in [-0.2, 0) is 9.47 Å². The lowest BCUT2D eigenvalue weighted by atomic mass is 9.77. The average molecular weight is 270 g/mol. The highest BCUT2D eigenvalue weighted by atomic mass is 16.5. The van der Waals surface area contributed by atoms with E-state index in [1.165, 1.54) is 45.2 Å². The third-order valence-corrected chi connectivity index (χ3v) is 5.18. The van der Waals surface area contributed by atoms with Crippen molar-refractivity contribution < 1.29 is 9.47 Å². The van der Waals surface area contributed by atoms with Crippen molar-refractivity contribution in [3.63, 3.8) is 0 Å². The fraction of sp³-hybridized carbons (Fsp3) is 1.00. The van der Waals surface area contributed by atoms with Crippen molar-refractivity contribution in [3.8, 4) is 0 Å². The molecule has 4 heteroatoms. The van der Waals surface area contributed by atoms with Gasteiger partial charge in [-0.15, -0.1) is 0 Å². The molecule has 2 fully saturated rings. The van der Waals surface area contributed by atoms with Gasteiger partial charge in [-0.3, -0.25) is 4.90 Å². The van der Waals surface area contributed by atoms with Crippen molar-refractivity contribution in [1.82, 2.24) is 4.90 Å². The highest BCUT2D eigenvalue weighted by molar-refractivity contribution is 4.98. The molecule has 2 unspecified atom stereocenters. The molecule has 112 valence electrons. The van der Waals surface area contributed by atoms with Crippen molar-refractivity contribution >= 4 is 0 Å². The molecule has 1 saturated carbocycles. The summed E-state index contributed by atoms with van der Waals surface area (Å²) in [5.41, 5.74) is 6.35. The fourth-order valence-electron chi connectivity index (χ4n) is 3.90. The number of nitrogens with zero attached hydrogens (tertiary/aromatic N) is 1. The first kappa shape index (κ1) is 15.2. The van der Waals surface area contributed by atoms with Gasteiger partial charge in [-0.05, 0) is 57.5 Å². The molecule has 0 spiro atoms. The van der Waals surface area contributed by atoms with E-state index in [1.54, 1.807) is 7.11 Å².